The monoisotopic (exact) mass is 534 g/mol. The number of carbonyl (C=O) groups is 1. The molecular formula is C24H25F3N6O3S. The van der Waals surface area contributed by atoms with Crippen molar-refractivity contribution in [1.29, 1.82) is 0 Å². The van der Waals surface area contributed by atoms with Crippen molar-refractivity contribution in [3.8, 4) is 5.69 Å². The van der Waals surface area contributed by atoms with E-state index in [1.54, 1.807) is 48.5 Å². The molecule has 196 valence electrons. The van der Waals surface area contributed by atoms with E-state index >= 15 is 0 Å². The second kappa shape index (κ2) is 11.8. The van der Waals surface area contributed by atoms with Gasteiger partial charge in [-0.05, 0) is 54.8 Å². The van der Waals surface area contributed by atoms with Gasteiger partial charge in [-0.25, -0.2) is 9.57 Å². The molecule has 0 bridgehead atoms. The Bertz CT molecular complexity index is 1260. The van der Waals surface area contributed by atoms with Gasteiger partial charge in [0.25, 0.3) is 5.91 Å². The van der Waals surface area contributed by atoms with Gasteiger partial charge >= 0.3 is 6.18 Å². The zero-order chi connectivity index (χ0) is 26.4. The lowest BCUT2D eigenvalue weighted by molar-refractivity contribution is -0.160. The third-order valence-electron chi connectivity index (χ3n) is 5.65. The number of amidine groups is 1. The number of nitrogens with zero attached hydrogens (tertiary/aromatic N) is 4. The molecule has 0 saturated carbocycles. The number of hydrogen-bond donors (Lipinski definition) is 2. The first kappa shape index (κ1) is 26.7. The minimum Gasteiger partial charge on any atom is -0.356 e. The average molecular weight is 535 g/mol. The van der Waals surface area contributed by atoms with E-state index < -0.39 is 17.8 Å². The van der Waals surface area contributed by atoms with E-state index in [9.17, 15) is 18.0 Å². The van der Waals surface area contributed by atoms with E-state index in [0.29, 0.717) is 22.8 Å². The van der Waals surface area contributed by atoms with Crippen LogP contribution in [0.5, 0.6) is 0 Å². The largest absolute Gasteiger partial charge is 0.435 e. The summed E-state index contributed by atoms with van der Waals surface area (Å²) in [6.45, 7) is 1.89. The Morgan fingerprint density at radius 1 is 1.16 bits per heavy atom. The first-order valence-corrected chi connectivity index (χ1v) is 12.1. The van der Waals surface area contributed by atoms with E-state index in [1.807, 2.05) is 0 Å². The summed E-state index contributed by atoms with van der Waals surface area (Å²) in [7, 11) is 1.38. The smallest absolute Gasteiger partial charge is 0.356 e. The number of likely N-dealkylation sites (tertiary alicyclic amines) is 1. The number of aromatic nitrogens is 2. The van der Waals surface area contributed by atoms with Crippen LogP contribution in [0, 0.1) is 0 Å². The van der Waals surface area contributed by atoms with Crippen LogP contribution in [-0.4, -0.2) is 46.6 Å². The Labute approximate surface area is 215 Å². The molecule has 0 aliphatic carbocycles. The van der Waals surface area contributed by atoms with Gasteiger partial charge in [-0.3, -0.25) is 4.79 Å². The van der Waals surface area contributed by atoms with Gasteiger partial charge < -0.3 is 16.0 Å². The number of nitrogens with one attached hydrogen (secondary N) is 1. The molecule has 1 aromatic heterocycles. The number of amides is 1. The van der Waals surface area contributed by atoms with E-state index in [2.05, 4.69) is 24.6 Å². The van der Waals surface area contributed by atoms with Crippen LogP contribution in [0.3, 0.4) is 0 Å². The highest BCUT2D eigenvalue weighted by Gasteiger charge is 2.36. The predicted molar refractivity (Wildman–Crippen MR) is 134 cm³/mol. The Kier molecular flexibility index (Phi) is 8.48. The molecule has 1 fully saturated rings. The summed E-state index contributed by atoms with van der Waals surface area (Å²) in [5, 5.41) is 6.31. The second-order valence-corrected chi connectivity index (χ2v) is 8.62. The molecule has 37 heavy (non-hydrogen) atoms. The minimum absolute atomic E-state index is 0.188. The molecule has 2 heterocycles. The average Bonchev–Trinajstić information content (AvgIpc) is 3.58. The van der Waals surface area contributed by atoms with E-state index in [0.717, 1.165) is 54.5 Å². The topological polar surface area (TPSA) is 107 Å². The van der Waals surface area contributed by atoms with Gasteiger partial charge in [0.15, 0.2) is 17.9 Å². The molecule has 0 radical (unpaired) electrons. The van der Waals surface area contributed by atoms with E-state index in [1.165, 1.54) is 7.11 Å². The van der Waals surface area contributed by atoms with Gasteiger partial charge in [0.2, 0.25) is 0 Å². The van der Waals surface area contributed by atoms with Gasteiger partial charge in [-0.1, -0.05) is 12.1 Å². The maximum atomic E-state index is 13.4. The summed E-state index contributed by atoms with van der Waals surface area (Å²) in [5.41, 5.74) is 6.39. The fourth-order valence-electron chi connectivity index (χ4n) is 3.89. The number of rotatable bonds is 8. The fourth-order valence-corrected chi connectivity index (χ4v) is 4.28. The molecule has 3 aromatic rings. The fraction of sp³-hybridized carbons (Fsp3) is 0.292. The SMILES string of the molecule is COOS/N=C(\c1ccc(NC(=O)c2cc(C(F)(F)F)nn2-c2cccc(CN)c2)cc1)N1CCCC1. The Morgan fingerprint density at radius 3 is 2.54 bits per heavy atom. The van der Waals surface area contributed by atoms with Gasteiger partial charge in [0, 0.05) is 37.0 Å². The molecule has 13 heteroatoms. The van der Waals surface area contributed by atoms with Gasteiger partial charge in [-0.15, -0.1) is 4.33 Å². The molecule has 1 amide bonds. The van der Waals surface area contributed by atoms with Crippen LogP contribution in [0.1, 0.15) is 40.2 Å². The number of hydrogen-bond acceptors (Lipinski definition) is 7. The Morgan fingerprint density at radius 2 is 1.89 bits per heavy atom. The number of benzene rings is 2. The highest BCUT2D eigenvalue weighted by Crippen LogP contribution is 2.30. The van der Waals surface area contributed by atoms with Crippen LogP contribution < -0.4 is 11.1 Å². The van der Waals surface area contributed by atoms with Crippen molar-refractivity contribution in [2.75, 3.05) is 25.5 Å². The van der Waals surface area contributed by atoms with Gasteiger partial charge in [-0.2, -0.15) is 22.7 Å². The van der Waals surface area contributed by atoms with Crippen LogP contribution in [0.4, 0.5) is 18.9 Å². The molecular weight excluding hydrogens is 509 g/mol. The number of nitrogens with two attached hydrogens (primary N) is 1. The lowest BCUT2D eigenvalue weighted by atomic mass is 10.1. The summed E-state index contributed by atoms with van der Waals surface area (Å²) in [4.78, 5) is 19.8. The van der Waals surface area contributed by atoms with Crippen molar-refractivity contribution in [1.82, 2.24) is 14.7 Å². The molecule has 1 saturated heterocycles. The normalized spacial score (nSPS) is 14.3. The maximum Gasteiger partial charge on any atom is 0.435 e. The van der Waals surface area contributed by atoms with Crippen LogP contribution in [0.2, 0.25) is 0 Å². The molecule has 3 N–H and O–H groups in total. The first-order valence-electron chi connectivity index (χ1n) is 11.4. The maximum absolute atomic E-state index is 13.4. The number of carbonyl (C=O) groups excluding carboxylic acids is 1. The molecule has 1 aliphatic rings. The summed E-state index contributed by atoms with van der Waals surface area (Å²) in [6, 6.07) is 14.1. The van der Waals surface area contributed by atoms with Crippen molar-refractivity contribution in [2.24, 2.45) is 10.1 Å². The quantitative estimate of drug-likeness (QED) is 0.0828. The molecule has 4 rings (SSSR count). The van der Waals surface area contributed by atoms with Crippen LogP contribution in [-0.2, 0) is 21.9 Å². The lowest BCUT2D eigenvalue weighted by Crippen LogP contribution is -2.28. The summed E-state index contributed by atoms with van der Waals surface area (Å²) in [5.74, 6) is -0.0449. The van der Waals surface area contributed by atoms with Gasteiger partial charge in [0.05, 0.1) is 12.8 Å². The van der Waals surface area contributed by atoms with Crippen molar-refractivity contribution >= 4 is 29.7 Å². The molecule has 0 spiro atoms. The van der Waals surface area contributed by atoms with E-state index in [-0.39, 0.29) is 12.2 Å². The summed E-state index contributed by atoms with van der Waals surface area (Å²) < 4.78 is 50.5. The standard InChI is InChI=1S/C24H25F3N6O3S/c1-35-36-37-31-22(32-11-2-3-12-32)17-7-9-18(10-8-17)29-23(34)20-14-21(24(25,26)27)30-33(20)19-6-4-5-16(13-19)15-28/h4-10,13-14H,2-3,11-12,15,28H2,1H3,(H,29,34)/b31-22+. The number of anilines is 1. The van der Waals surface area contributed by atoms with E-state index in [4.69, 9.17) is 10.1 Å². The Hall–Kier alpha value is -3.39. The highest BCUT2D eigenvalue weighted by molar-refractivity contribution is 7.93. The Balaban J connectivity index is 1.59. The molecule has 0 unspecified atom stereocenters. The molecule has 9 nitrogen and oxygen atoms in total. The van der Waals surface area contributed by atoms with Crippen molar-refractivity contribution in [3.05, 3.63) is 77.1 Å². The zero-order valence-electron chi connectivity index (χ0n) is 19.9. The van der Waals surface area contributed by atoms with Crippen molar-refractivity contribution < 1.29 is 27.2 Å². The van der Waals surface area contributed by atoms with Crippen molar-refractivity contribution in [3.63, 3.8) is 0 Å². The van der Waals surface area contributed by atoms with Crippen molar-refractivity contribution in [2.45, 2.75) is 25.6 Å². The zero-order valence-corrected chi connectivity index (χ0v) is 20.7. The molecule has 1 aliphatic heterocycles. The van der Waals surface area contributed by atoms with Crippen LogP contribution >= 0.6 is 12.2 Å². The first-order chi connectivity index (χ1) is 17.8. The third kappa shape index (κ3) is 6.49. The number of alkyl halides is 3. The summed E-state index contributed by atoms with van der Waals surface area (Å²) in [6.07, 6.45) is -2.63. The van der Waals surface area contributed by atoms with Gasteiger partial charge in [0.1, 0.15) is 11.5 Å². The predicted octanol–water partition coefficient (Wildman–Crippen LogP) is 4.59. The highest BCUT2D eigenvalue weighted by atomic mass is 32.2. The molecule has 2 aromatic carbocycles. The second-order valence-electron chi connectivity index (χ2n) is 8.15. The van der Waals surface area contributed by atoms with Crippen LogP contribution in [0.25, 0.3) is 5.69 Å². The van der Waals surface area contributed by atoms with Crippen LogP contribution in [0.15, 0.2) is 59.0 Å². The molecule has 0 atom stereocenters. The number of halogens is 3. The minimum atomic E-state index is -4.72. The summed E-state index contributed by atoms with van der Waals surface area (Å²) >= 11 is 0.806. The third-order valence-corrected chi connectivity index (χ3v) is 6.10. The lowest BCUT2D eigenvalue weighted by Gasteiger charge is -2.20.